The Morgan fingerprint density at radius 3 is 2.88 bits per heavy atom. The average molecular weight is 250 g/mol. The molecule has 0 saturated heterocycles. The van der Waals surface area contributed by atoms with Gasteiger partial charge in [-0.15, -0.1) is 0 Å². The molecule has 1 heterocycles. The second-order valence-electron chi connectivity index (χ2n) is 4.41. The number of rotatable bonds is 2. The molecule has 2 N–H and O–H groups in total. The van der Waals surface area contributed by atoms with Crippen molar-refractivity contribution in [3.05, 3.63) is 18.2 Å². The zero-order valence-electron chi connectivity index (χ0n) is 9.39. The van der Waals surface area contributed by atoms with Crippen molar-refractivity contribution < 1.29 is 8.63 Å². The van der Waals surface area contributed by atoms with Crippen LogP contribution >= 0.6 is 0 Å². The van der Waals surface area contributed by atoms with Gasteiger partial charge in [-0.3, -0.25) is 0 Å². The molecule has 0 amide bonds. The topological polar surface area (TPSA) is 69.1 Å². The molecule has 1 unspecified atom stereocenters. The van der Waals surface area contributed by atoms with Crippen LogP contribution < -0.4 is 5.73 Å². The summed E-state index contributed by atoms with van der Waals surface area (Å²) < 4.78 is 17.8. The fraction of sp³-hybridized carbons (Fsp3) is 0.417. The summed E-state index contributed by atoms with van der Waals surface area (Å²) in [5, 5.41) is 0.554. The van der Waals surface area contributed by atoms with Crippen LogP contribution in [-0.2, 0) is 10.8 Å². The lowest BCUT2D eigenvalue weighted by Gasteiger charge is -2.03. The van der Waals surface area contributed by atoms with E-state index in [9.17, 15) is 4.21 Å². The second kappa shape index (κ2) is 4.14. The molecule has 0 bridgehead atoms. The Labute approximate surface area is 102 Å². The molecule has 0 radical (unpaired) electrons. The summed E-state index contributed by atoms with van der Waals surface area (Å²) in [6.07, 6.45) is 4.33. The van der Waals surface area contributed by atoms with Crippen LogP contribution in [0.15, 0.2) is 27.8 Å². The van der Waals surface area contributed by atoms with Crippen LogP contribution in [0.2, 0.25) is 0 Å². The Kier molecular flexibility index (Phi) is 2.63. The average Bonchev–Trinajstić information content (AvgIpc) is 2.96. The molecule has 4 nitrogen and oxygen atoms in total. The van der Waals surface area contributed by atoms with Crippen molar-refractivity contribution in [2.24, 2.45) is 0 Å². The van der Waals surface area contributed by atoms with Gasteiger partial charge in [0.05, 0.1) is 0 Å². The van der Waals surface area contributed by atoms with E-state index in [-0.39, 0.29) is 5.25 Å². The second-order valence-corrected chi connectivity index (χ2v) is 6.02. The number of nitrogens with two attached hydrogens (primary N) is 1. The number of benzene rings is 1. The summed E-state index contributed by atoms with van der Waals surface area (Å²) in [4.78, 5) is 4.27. The van der Waals surface area contributed by atoms with Crippen LogP contribution in [0.4, 0.5) is 5.69 Å². The Balaban J connectivity index is 1.97. The summed E-state index contributed by atoms with van der Waals surface area (Å²) in [5.41, 5.74) is 7.66. The predicted molar refractivity (Wildman–Crippen MR) is 67.1 cm³/mol. The first-order chi connectivity index (χ1) is 8.24. The van der Waals surface area contributed by atoms with E-state index in [1.54, 1.807) is 18.2 Å². The molecule has 1 fully saturated rings. The summed E-state index contributed by atoms with van der Waals surface area (Å²) in [7, 11) is -1.12. The molecule has 3 rings (SSSR count). The minimum absolute atomic E-state index is 0.209. The number of hydrogen-bond acceptors (Lipinski definition) is 4. The monoisotopic (exact) mass is 250 g/mol. The zero-order chi connectivity index (χ0) is 11.8. The van der Waals surface area contributed by atoms with Gasteiger partial charge >= 0.3 is 0 Å². The molecule has 2 aromatic rings. The van der Waals surface area contributed by atoms with Gasteiger partial charge in [0.1, 0.15) is 16.3 Å². The SMILES string of the molecule is Nc1ccc2oc(S(=O)C3CCCC3)nc2c1. The third-order valence-corrected chi connectivity index (χ3v) is 4.76. The molecule has 1 aromatic heterocycles. The summed E-state index contributed by atoms with van der Waals surface area (Å²) in [5.74, 6) is 0. The van der Waals surface area contributed by atoms with Crippen molar-refractivity contribution in [1.29, 1.82) is 0 Å². The van der Waals surface area contributed by atoms with Crippen molar-refractivity contribution >= 4 is 27.6 Å². The van der Waals surface area contributed by atoms with Crippen LogP contribution in [0.3, 0.4) is 0 Å². The van der Waals surface area contributed by atoms with Gasteiger partial charge in [0.25, 0.3) is 5.22 Å². The van der Waals surface area contributed by atoms with Crippen molar-refractivity contribution in [3.63, 3.8) is 0 Å². The van der Waals surface area contributed by atoms with Gasteiger partial charge in [-0.1, -0.05) is 12.8 Å². The van der Waals surface area contributed by atoms with E-state index < -0.39 is 10.8 Å². The van der Waals surface area contributed by atoms with Gasteiger partial charge in [0, 0.05) is 10.9 Å². The van der Waals surface area contributed by atoms with E-state index in [1.165, 1.54) is 0 Å². The Hall–Kier alpha value is -1.36. The van der Waals surface area contributed by atoms with E-state index in [0.29, 0.717) is 22.0 Å². The minimum atomic E-state index is -1.12. The third-order valence-electron chi connectivity index (χ3n) is 3.17. The first-order valence-corrected chi connectivity index (χ1v) is 7.02. The maximum atomic E-state index is 12.2. The molecule has 0 aliphatic heterocycles. The normalized spacial score (nSPS) is 18.8. The number of fused-ring (bicyclic) bond motifs is 1. The highest BCUT2D eigenvalue weighted by Gasteiger charge is 2.26. The number of aromatic nitrogens is 1. The van der Waals surface area contributed by atoms with Gasteiger partial charge in [-0.2, -0.15) is 0 Å². The number of anilines is 1. The summed E-state index contributed by atoms with van der Waals surface area (Å²) in [6, 6.07) is 5.27. The van der Waals surface area contributed by atoms with Gasteiger partial charge < -0.3 is 10.2 Å². The van der Waals surface area contributed by atoms with Gasteiger partial charge in [0.2, 0.25) is 0 Å². The molecule has 1 aliphatic rings. The lowest BCUT2D eigenvalue weighted by molar-refractivity contribution is 0.475. The van der Waals surface area contributed by atoms with Gasteiger partial charge in [-0.25, -0.2) is 9.19 Å². The first kappa shape index (κ1) is 10.8. The highest BCUT2D eigenvalue weighted by atomic mass is 32.2. The molecule has 1 atom stereocenters. The molecule has 0 spiro atoms. The van der Waals surface area contributed by atoms with Crippen LogP contribution in [0.5, 0.6) is 0 Å². The Morgan fingerprint density at radius 2 is 2.12 bits per heavy atom. The highest BCUT2D eigenvalue weighted by molar-refractivity contribution is 7.85. The lowest BCUT2D eigenvalue weighted by Crippen LogP contribution is -2.10. The summed E-state index contributed by atoms with van der Waals surface area (Å²) in [6.45, 7) is 0. The lowest BCUT2D eigenvalue weighted by atomic mass is 10.3. The van der Waals surface area contributed by atoms with Gasteiger partial charge in [0.15, 0.2) is 5.58 Å². The highest BCUT2D eigenvalue weighted by Crippen LogP contribution is 2.28. The van der Waals surface area contributed by atoms with Crippen LogP contribution in [0.25, 0.3) is 11.1 Å². The number of hydrogen-bond donors (Lipinski definition) is 1. The van der Waals surface area contributed by atoms with E-state index in [0.717, 1.165) is 25.7 Å². The van der Waals surface area contributed by atoms with Crippen LogP contribution in [-0.4, -0.2) is 14.4 Å². The molecule has 5 heteroatoms. The predicted octanol–water partition coefficient (Wildman–Crippen LogP) is 2.46. The van der Waals surface area contributed by atoms with Crippen LogP contribution in [0, 0.1) is 0 Å². The van der Waals surface area contributed by atoms with Crippen molar-refractivity contribution in [3.8, 4) is 0 Å². The van der Waals surface area contributed by atoms with E-state index in [4.69, 9.17) is 10.2 Å². The molecule has 1 aliphatic carbocycles. The Morgan fingerprint density at radius 1 is 1.35 bits per heavy atom. The van der Waals surface area contributed by atoms with Gasteiger partial charge in [-0.05, 0) is 31.0 Å². The number of nitrogens with zero attached hydrogens (tertiary/aromatic N) is 1. The standard InChI is InChI=1S/C12H14N2O2S/c13-8-5-6-11-10(7-8)14-12(16-11)17(15)9-3-1-2-4-9/h5-7,9H,1-4,13H2. The van der Waals surface area contributed by atoms with E-state index >= 15 is 0 Å². The number of oxazole rings is 1. The van der Waals surface area contributed by atoms with Crippen molar-refractivity contribution in [2.45, 2.75) is 36.2 Å². The zero-order valence-corrected chi connectivity index (χ0v) is 10.2. The molecule has 1 saturated carbocycles. The molecular weight excluding hydrogens is 236 g/mol. The largest absolute Gasteiger partial charge is 0.430 e. The summed E-state index contributed by atoms with van der Waals surface area (Å²) >= 11 is 0. The van der Waals surface area contributed by atoms with E-state index in [1.807, 2.05) is 0 Å². The smallest absolute Gasteiger partial charge is 0.288 e. The number of nitrogen functional groups attached to an aromatic ring is 1. The first-order valence-electron chi connectivity index (χ1n) is 5.81. The Bertz CT molecular complexity index is 573. The third kappa shape index (κ3) is 1.95. The van der Waals surface area contributed by atoms with Crippen molar-refractivity contribution in [1.82, 2.24) is 4.98 Å². The van der Waals surface area contributed by atoms with Crippen molar-refractivity contribution in [2.75, 3.05) is 5.73 Å². The molecular formula is C12H14N2O2S. The maximum absolute atomic E-state index is 12.2. The van der Waals surface area contributed by atoms with Crippen LogP contribution in [0.1, 0.15) is 25.7 Å². The fourth-order valence-corrected chi connectivity index (χ4v) is 3.66. The molecule has 90 valence electrons. The fourth-order valence-electron chi connectivity index (χ4n) is 2.25. The molecule has 17 heavy (non-hydrogen) atoms. The molecule has 1 aromatic carbocycles. The quantitative estimate of drug-likeness (QED) is 0.831. The van der Waals surface area contributed by atoms with E-state index in [2.05, 4.69) is 4.98 Å². The maximum Gasteiger partial charge on any atom is 0.288 e. The minimum Gasteiger partial charge on any atom is -0.430 e.